The maximum atomic E-state index is 11.4. The van der Waals surface area contributed by atoms with Gasteiger partial charge in [-0.25, -0.2) is 0 Å². The number of halogens is 1. The van der Waals surface area contributed by atoms with Crippen molar-refractivity contribution in [1.82, 2.24) is 0 Å². The quantitative estimate of drug-likeness (QED) is 0.558. The summed E-state index contributed by atoms with van der Waals surface area (Å²) >= 11 is 0. The van der Waals surface area contributed by atoms with Crippen LogP contribution in [0, 0.1) is 0 Å². The SMILES string of the molecule is CC(C)(C)OC(=O)C(N)CCCCN.Cl. The molecule has 0 saturated heterocycles. The molecule has 0 radical (unpaired) electrons. The number of esters is 1. The Kier molecular flexibility index (Phi) is 9.01. The first-order valence-corrected chi connectivity index (χ1v) is 5.05. The van der Waals surface area contributed by atoms with Crippen molar-refractivity contribution in [2.24, 2.45) is 11.5 Å². The summed E-state index contributed by atoms with van der Waals surface area (Å²) in [6.07, 6.45) is 2.42. The Morgan fingerprint density at radius 1 is 1.33 bits per heavy atom. The van der Waals surface area contributed by atoms with E-state index in [-0.39, 0.29) is 18.4 Å². The third-order valence-electron chi connectivity index (χ3n) is 1.68. The molecule has 0 fully saturated rings. The van der Waals surface area contributed by atoms with Crippen LogP contribution >= 0.6 is 12.4 Å². The lowest BCUT2D eigenvalue weighted by molar-refractivity contribution is -0.156. The van der Waals surface area contributed by atoms with E-state index < -0.39 is 11.6 Å². The number of unbranched alkanes of at least 4 members (excludes halogenated alkanes) is 1. The standard InChI is InChI=1S/C10H22N2O2.ClH/c1-10(2,3)14-9(13)8(12)6-4-5-7-11;/h8H,4-7,11-12H2,1-3H3;1H. The van der Waals surface area contributed by atoms with Crippen LogP contribution in [-0.2, 0) is 9.53 Å². The summed E-state index contributed by atoms with van der Waals surface area (Å²) in [4.78, 5) is 11.4. The summed E-state index contributed by atoms with van der Waals surface area (Å²) in [6, 6.07) is -0.513. The molecule has 5 heteroatoms. The second-order valence-electron chi connectivity index (χ2n) is 4.42. The minimum absolute atomic E-state index is 0. The number of carbonyl (C=O) groups excluding carboxylic acids is 1. The van der Waals surface area contributed by atoms with Crippen LogP contribution in [0.15, 0.2) is 0 Å². The van der Waals surface area contributed by atoms with Crippen molar-refractivity contribution in [1.29, 1.82) is 0 Å². The molecule has 0 bridgehead atoms. The summed E-state index contributed by atoms with van der Waals surface area (Å²) < 4.78 is 5.13. The van der Waals surface area contributed by atoms with Gasteiger partial charge in [-0.3, -0.25) is 4.79 Å². The van der Waals surface area contributed by atoms with E-state index in [2.05, 4.69) is 0 Å². The molecule has 0 aromatic carbocycles. The summed E-state index contributed by atoms with van der Waals surface area (Å²) in [5, 5.41) is 0. The van der Waals surface area contributed by atoms with E-state index in [4.69, 9.17) is 16.2 Å². The van der Waals surface area contributed by atoms with Crippen LogP contribution in [0.4, 0.5) is 0 Å². The van der Waals surface area contributed by atoms with Gasteiger partial charge in [-0.15, -0.1) is 12.4 Å². The third-order valence-corrected chi connectivity index (χ3v) is 1.68. The normalized spacial score (nSPS) is 12.9. The van der Waals surface area contributed by atoms with Crippen LogP contribution < -0.4 is 11.5 Å². The van der Waals surface area contributed by atoms with Gasteiger partial charge in [-0.1, -0.05) is 6.42 Å². The fraction of sp³-hybridized carbons (Fsp3) is 0.900. The predicted molar refractivity (Wildman–Crippen MR) is 64.0 cm³/mol. The second-order valence-corrected chi connectivity index (χ2v) is 4.42. The first kappa shape index (κ1) is 17.1. The Morgan fingerprint density at radius 3 is 2.27 bits per heavy atom. The Balaban J connectivity index is 0. The largest absolute Gasteiger partial charge is 0.459 e. The Bertz CT molecular complexity index is 181. The molecule has 0 aromatic rings. The molecule has 15 heavy (non-hydrogen) atoms. The van der Waals surface area contributed by atoms with Gasteiger partial charge < -0.3 is 16.2 Å². The first-order chi connectivity index (χ1) is 6.37. The van der Waals surface area contributed by atoms with Crippen molar-refractivity contribution in [2.75, 3.05) is 6.54 Å². The van der Waals surface area contributed by atoms with Gasteiger partial charge in [0.25, 0.3) is 0 Å². The summed E-state index contributed by atoms with van der Waals surface area (Å²) in [6.45, 7) is 6.13. The van der Waals surface area contributed by atoms with Gasteiger partial charge in [0.1, 0.15) is 11.6 Å². The second kappa shape index (κ2) is 7.91. The summed E-state index contributed by atoms with van der Waals surface area (Å²) in [7, 11) is 0. The molecule has 0 aromatic heterocycles. The molecule has 0 amide bonds. The molecule has 0 aliphatic heterocycles. The van der Waals surface area contributed by atoms with E-state index in [1.54, 1.807) is 0 Å². The van der Waals surface area contributed by atoms with Crippen molar-refractivity contribution < 1.29 is 9.53 Å². The molecule has 1 unspecified atom stereocenters. The molecule has 0 aliphatic carbocycles. The van der Waals surface area contributed by atoms with Crippen LogP contribution in [0.3, 0.4) is 0 Å². The van der Waals surface area contributed by atoms with Crippen molar-refractivity contribution in [3.8, 4) is 0 Å². The maximum absolute atomic E-state index is 11.4. The highest BCUT2D eigenvalue weighted by Crippen LogP contribution is 2.09. The van der Waals surface area contributed by atoms with Gasteiger partial charge in [0, 0.05) is 0 Å². The van der Waals surface area contributed by atoms with Crippen LogP contribution in [0.5, 0.6) is 0 Å². The van der Waals surface area contributed by atoms with Gasteiger partial charge in [0.15, 0.2) is 0 Å². The number of hydrogen-bond acceptors (Lipinski definition) is 4. The zero-order chi connectivity index (χ0) is 11.2. The Hall–Kier alpha value is -0.320. The van der Waals surface area contributed by atoms with E-state index in [0.29, 0.717) is 13.0 Å². The predicted octanol–water partition coefficient (Wildman–Crippen LogP) is 1.21. The Morgan fingerprint density at radius 2 is 1.87 bits per heavy atom. The molecule has 0 saturated carbocycles. The molecule has 92 valence electrons. The highest BCUT2D eigenvalue weighted by Gasteiger charge is 2.21. The van der Waals surface area contributed by atoms with E-state index in [1.165, 1.54) is 0 Å². The topological polar surface area (TPSA) is 78.3 Å². The van der Waals surface area contributed by atoms with Crippen LogP contribution in [0.25, 0.3) is 0 Å². The van der Waals surface area contributed by atoms with Crippen LogP contribution in [-0.4, -0.2) is 24.2 Å². The van der Waals surface area contributed by atoms with Crippen molar-refractivity contribution in [2.45, 2.75) is 51.7 Å². The van der Waals surface area contributed by atoms with E-state index >= 15 is 0 Å². The lowest BCUT2D eigenvalue weighted by atomic mass is 10.1. The highest BCUT2D eigenvalue weighted by atomic mass is 35.5. The zero-order valence-corrected chi connectivity index (χ0v) is 10.6. The fourth-order valence-electron chi connectivity index (χ4n) is 1.00. The molecule has 1 atom stereocenters. The summed E-state index contributed by atoms with van der Waals surface area (Å²) in [5.41, 5.74) is 10.5. The molecule has 4 nitrogen and oxygen atoms in total. The van der Waals surface area contributed by atoms with Crippen molar-refractivity contribution in [3.63, 3.8) is 0 Å². The number of ether oxygens (including phenoxy) is 1. The van der Waals surface area contributed by atoms with E-state index in [9.17, 15) is 4.79 Å². The average Bonchev–Trinajstić information content (AvgIpc) is 2.01. The maximum Gasteiger partial charge on any atom is 0.323 e. The lowest BCUT2D eigenvalue weighted by Gasteiger charge is -2.22. The smallest absolute Gasteiger partial charge is 0.323 e. The van der Waals surface area contributed by atoms with E-state index in [0.717, 1.165) is 12.8 Å². The average molecular weight is 239 g/mol. The fourth-order valence-corrected chi connectivity index (χ4v) is 1.00. The van der Waals surface area contributed by atoms with Gasteiger partial charge in [0.2, 0.25) is 0 Å². The minimum atomic E-state index is -0.513. The number of rotatable bonds is 5. The van der Waals surface area contributed by atoms with E-state index in [1.807, 2.05) is 20.8 Å². The summed E-state index contributed by atoms with van der Waals surface area (Å²) in [5.74, 6) is -0.325. The third kappa shape index (κ3) is 9.97. The monoisotopic (exact) mass is 238 g/mol. The Labute approximate surface area is 98.1 Å². The number of carbonyl (C=O) groups is 1. The van der Waals surface area contributed by atoms with Gasteiger partial charge in [-0.2, -0.15) is 0 Å². The lowest BCUT2D eigenvalue weighted by Crippen LogP contribution is -2.37. The van der Waals surface area contributed by atoms with Crippen LogP contribution in [0.1, 0.15) is 40.0 Å². The molecule has 0 spiro atoms. The molecule has 0 aliphatic rings. The molecule has 0 rings (SSSR count). The van der Waals surface area contributed by atoms with Gasteiger partial charge in [0.05, 0.1) is 0 Å². The van der Waals surface area contributed by atoms with Gasteiger partial charge in [-0.05, 0) is 40.2 Å². The minimum Gasteiger partial charge on any atom is -0.459 e. The van der Waals surface area contributed by atoms with Crippen molar-refractivity contribution >= 4 is 18.4 Å². The zero-order valence-electron chi connectivity index (χ0n) is 9.79. The first-order valence-electron chi connectivity index (χ1n) is 5.05. The number of nitrogens with two attached hydrogens (primary N) is 2. The van der Waals surface area contributed by atoms with Crippen molar-refractivity contribution in [3.05, 3.63) is 0 Å². The number of hydrogen-bond donors (Lipinski definition) is 2. The van der Waals surface area contributed by atoms with Crippen LogP contribution in [0.2, 0.25) is 0 Å². The molecule has 0 heterocycles. The molecular weight excluding hydrogens is 216 g/mol. The highest BCUT2D eigenvalue weighted by molar-refractivity contribution is 5.85. The van der Waals surface area contributed by atoms with Gasteiger partial charge >= 0.3 is 5.97 Å². The molecular formula is C10H23ClN2O2. The molecule has 4 N–H and O–H groups in total.